The molecule has 35 valence electrons. The van der Waals surface area contributed by atoms with Gasteiger partial charge in [0.15, 0.2) is 0 Å². The van der Waals surface area contributed by atoms with Gasteiger partial charge < -0.3 is 0 Å². The van der Waals surface area contributed by atoms with E-state index in [0.717, 1.165) is 0 Å². The van der Waals surface area contributed by atoms with E-state index in [0.29, 0.717) is 0 Å². The Bertz CT molecular complexity index is 6.00. The van der Waals surface area contributed by atoms with Crippen molar-refractivity contribution in [2.45, 2.75) is 0 Å². The van der Waals surface area contributed by atoms with Crippen LogP contribution < -0.4 is 0 Å². The zero-order chi connectivity index (χ0) is 2.71. The summed E-state index contributed by atoms with van der Waals surface area (Å²) in [5.41, 5.74) is 0. The van der Waals surface area contributed by atoms with E-state index >= 15 is 0 Å². The zero-order valence-electron chi connectivity index (χ0n) is 1.37. The van der Waals surface area contributed by atoms with Crippen LogP contribution in [0.2, 0.25) is 0 Å². The Morgan fingerprint density at radius 1 is 1.25 bits per heavy atom. The van der Waals surface area contributed by atoms with Crippen LogP contribution in [-0.2, 0) is 38.9 Å². The second-order valence-electron chi connectivity index (χ2n) is 0.0452. The molecule has 0 aliphatic rings. The topological polar surface area (TPSA) is 0 Å². The van der Waals surface area contributed by atoms with E-state index in [1.165, 1.54) is 0 Å². The average molecular weight is 374 g/mol. The van der Waals surface area contributed by atoms with Crippen LogP contribution in [0.4, 0.5) is 0 Å². The van der Waals surface area contributed by atoms with E-state index in [1.807, 2.05) is 0 Å². The molecule has 0 unspecified atom stereocenters. The van der Waals surface area contributed by atoms with Crippen molar-refractivity contribution in [3.05, 3.63) is 0 Å². The molecule has 0 aromatic carbocycles. The Balaban J connectivity index is 0. The number of halogens is 2. The third kappa shape index (κ3) is 8.99. The van der Waals surface area contributed by atoms with Gasteiger partial charge in [0.05, 0.1) is 0 Å². The molecule has 0 amide bonds. The van der Waals surface area contributed by atoms with Crippen LogP contribution in [0.3, 0.4) is 0 Å². The molecule has 0 fully saturated rings. The van der Waals surface area contributed by atoms with Crippen LogP contribution in [0.1, 0.15) is 0 Å². The summed E-state index contributed by atoms with van der Waals surface area (Å²) in [6, 6.07) is 0. The van der Waals surface area contributed by atoms with Gasteiger partial charge in [-0.15, -0.1) is 0 Å². The van der Waals surface area contributed by atoms with Gasteiger partial charge in [0, 0.05) is 22.4 Å². The fraction of sp³-hybridized carbons (Fsp3) is 0. The van der Waals surface area contributed by atoms with E-state index in [-0.39, 0.29) is 22.4 Å². The molecule has 0 saturated heterocycles. The van der Waals surface area contributed by atoms with Gasteiger partial charge in [0.25, 0.3) is 0 Å². The molecule has 0 rings (SSSR count). The predicted octanol–water partition coefficient (Wildman–Crippen LogP) is 1.37. The fourth-order valence-electron chi connectivity index (χ4n) is 0. The van der Waals surface area contributed by atoms with Gasteiger partial charge in [-0.2, -0.15) is 0 Å². The maximum absolute atomic E-state index is 4.88. The van der Waals surface area contributed by atoms with Crippen molar-refractivity contribution >= 4 is 18.8 Å². The van der Waals surface area contributed by atoms with E-state index in [4.69, 9.17) is 18.8 Å². The number of hydrogen-bond acceptors (Lipinski definition) is 0. The average Bonchev–Trinajstić information content (AvgIpc) is 0.918. The Labute approximate surface area is 57.1 Å². The third-order valence-corrected chi connectivity index (χ3v) is 0. The molecular weight excluding hydrogens is 374 g/mol. The van der Waals surface area contributed by atoms with Crippen LogP contribution in [0.5, 0.6) is 0 Å². The molecule has 0 aromatic rings. The summed E-state index contributed by atoms with van der Waals surface area (Å²) in [7, 11) is 9.75. The molecule has 0 N–H and O–H groups in total. The van der Waals surface area contributed by atoms with E-state index in [9.17, 15) is 0 Å². The standard InChI is InChI=1S/Ag.2ClH.Pt/h;2*1H;/q;;;+2/p-2. The van der Waals surface area contributed by atoms with E-state index in [1.54, 1.807) is 0 Å². The van der Waals surface area contributed by atoms with Gasteiger partial charge in [-0.25, -0.2) is 0 Å². The second-order valence-corrected chi connectivity index (χ2v) is 3.33. The van der Waals surface area contributed by atoms with Crippen LogP contribution in [0.15, 0.2) is 0 Å². The van der Waals surface area contributed by atoms with Crippen molar-refractivity contribution < 1.29 is 38.9 Å². The monoisotopic (exact) mass is 372 g/mol. The van der Waals surface area contributed by atoms with Crippen molar-refractivity contribution in [2.24, 2.45) is 0 Å². The zero-order valence-corrected chi connectivity index (χ0v) is 6.64. The molecule has 4 heavy (non-hydrogen) atoms. The van der Waals surface area contributed by atoms with Crippen molar-refractivity contribution in [1.82, 2.24) is 0 Å². The maximum atomic E-state index is 4.88. The molecule has 4 heteroatoms. The van der Waals surface area contributed by atoms with Crippen molar-refractivity contribution in [2.75, 3.05) is 0 Å². The number of hydrogen-bond donors (Lipinski definition) is 0. The van der Waals surface area contributed by atoms with Crippen LogP contribution in [0.25, 0.3) is 0 Å². The first-order valence-electron chi connectivity index (χ1n) is 0.239. The Hall–Kier alpha value is 2.01. The molecule has 0 bridgehead atoms. The first kappa shape index (κ1) is 9.38. The van der Waals surface area contributed by atoms with Gasteiger partial charge in [0.2, 0.25) is 0 Å². The molecule has 0 heterocycles. The van der Waals surface area contributed by atoms with E-state index in [2.05, 4.69) is 0 Å². The summed E-state index contributed by atoms with van der Waals surface area (Å²) >= 11 is -0.472. The van der Waals surface area contributed by atoms with Crippen molar-refractivity contribution in [3.63, 3.8) is 0 Å². The fourth-order valence-corrected chi connectivity index (χ4v) is 0. The first-order valence-corrected chi connectivity index (χ1v) is 5.87. The van der Waals surface area contributed by atoms with Crippen molar-refractivity contribution in [3.8, 4) is 0 Å². The summed E-state index contributed by atoms with van der Waals surface area (Å²) < 4.78 is 0. The van der Waals surface area contributed by atoms with Gasteiger partial charge in [0.1, 0.15) is 0 Å². The molecular formula is AgCl2Pt. The molecule has 1 radical (unpaired) electrons. The first-order chi connectivity index (χ1) is 1.41. The summed E-state index contributed by atoms with van der Waals surface area (Å²) in [4.78, 5) is 0. The SMILES string of the molecule is [Ag].[Cl][Pt][Cl]. The summed E-state index contributed by atoms with van der Waals surface area (Å²) in [5, 5.41) is 0. The predicted molar refractivity (Wildman–Crippen MR) is 11.7 cm³/mol. The van der Waals surface area contributed by atoms with Gasteiger partial charge >= 0.3 is 35.3 Å². The molecule has 0 aromatic heterocycles. The summed E-state index contributed by atoms with van der Waals surface area (Å²) in [5.74, 6) is 0. The Morgan fingerprint density at radius 2 is 1.25 bits per heavy atom. The minimum absolute atomic E-state index is 0. The van der Waals surface area contributed by atoms with Gasteiger partial charge in [-0.3, -0.25) is 0 Å². The third-order valence-electron chi connectivity index (χ3n) is 0. The molecule has 0 spiro atoms. The quantitative estimate of drug-likeness (QED) is 0.563. The minimum atomic E-state index is -0.472. The molecule has 0 nitrogen and oxygen atoms in total. The van der Waals surface area contributed by atoms with Gasteiger partial charge in [-0.05, 0) is 0 Å². The second kappa shape index (κ2) is 8.89. The molecule has 0 aliphatic heterocycles. The molecule has 0 aliphatic carbocycles. The summed E-state index contributed by atoms with van der Waals surface area (Å²) in [6.45, 7) is 0. The Kier molecular flexibility index (Phi) is 20.9. The summed E-state index contributed by atoms with van der Waals surface area (Å²) in [6.07, 6.45) is 0. The van der Waals surface area contributed by atoms with Crippen LogP contribution in [-0.4, -0.2) is 0 Å². The van der Waals surface area contributed by atoms with Gasteiger partial charge in [-0.1, -0.05) is 0 Å². The number of rotatable bonds is 0. The van der Waals surface area contributed by atoms with E-state index < -0.39 is 16.5 Å². The van der Waals surface area contributed by atoms with Crippen molar-refractivity contribution in [1.29, 1.82) is 0 Å². The molecule has 0 saturated carbocycles. The van der Waals surface area contributed by atoms with Crippen LogP contribution in [0, 0.1) is 0 Å². The van der Waals surface area contributed by atoms with Crippen LogP contribution >= 0.6 is 18.8 Å². The molecule has 0 atom stereocenters. The Morgan fingerprint density at radius 3 is 1.25 bits per heavy atom. The normalized spacial score (nSPS) is 5.50.